The van der Waals surface area contributed by atoms with E-state index in [4.69, 9.17) is 0 Å². The SMILES string of the molecule is CC(=O)c1c(C=C2C(=O)Nc3ccc(Br)cc32)[nH]c(C(=O)NCCN2CCCC2)c1C. The van der Waals surface area contributed by atoms with E-state index >= 15 is 0 Å². The number of nitrogens with one attached hydrogen (secondary N) is 3. The highest BCUT2D eigenvalue weighted by atomic mass is 79.9. The van der Waals surface area contributed by atoms with Crippen molar-refractivity contribution < 1.29 is 14.4 Å². The van der Waals surface area contributed by atoms with Crippen LogP contribution >= 0.6 is 15.9 Å². The van der Waals surface area contributed by atoms with Crippen molar-refractivity contribution in [2.75, 3.05) is 31.5 Å². The molecular weight excluding hydrogens is 460 g/mol. The summed E-state index contributed by atoms with van der Waals surface area (Å²) in [5.41, 5.74) is 3.74. The van der Waals surface area contributed by atoms with Gasteiger partial charge in [0.2, 0.25) is 0 Å². The lowest BCUT2D eigenvalue weighted by atomic mass is 10.0. The normalized spacial score (nSPS) is 17.1. The number of likely N-dealkylation sites (tertiary alicyclic amines) is 1. The lowest BCUT2D eigenvalue weighted by molar-refractivity contribution is -0.110. The summed E-state index contributed by atoms with van der Waals surface area (Å²) in [5, 5.41) is 5.77. The maximum atomic E-state index is 12.8. The van der Waals surface area contributed by atoms with Gasteiger partial charge in [0.1, 0.15) is 5.69 Å². The second kappa shape index (κ2) is 8.80. The van der Waals surface area contributed by atoms with E-state index in [-0.39, 0.29) is 17.6 Å². The van der Waals surface area contributed by atoms with Crippen LogP contribution in [0.25, 0.3) is 11.6 Å². The average Bonchev–Trinajstić information content (AvgIpc) is 3.41. The Hall–Kier alpha value is -2.71. The molecule has 0 saturated carbocycles. The Morgan fingerprint density at radius 2 is 2.00 bits per heavy atom. The van der Waals surface area contributed by atoms with Crippen LogP contribution < -0.4 is 10.6 Å². The first-order valence-electron chi connectivity index (χ1n) is 10.4. The molecule has 0 spiro atoms. The molecule has 0 bridgehead atoms. The fraction of sp³-hybridized carbons (Fsp3) is 0.348. The highest BCUT2D eigenvalue weighted by Gasteiger charge is 2.27. The van der Waals surface area contributed by atoms with Crippen molar-refractivity contribution in [1.82, 2.24) is 15.2 Å². The van der Waals surface area contributed by atoms with Crippen LogP contribution in [0.4, 0.5) is 5.69 Å². The van der Waals surface area contributed by atoms with Crippen molar-refractivity contribution in [2.45, 2.75) is 26.7 Å². The Bertz CT molecular complexity index is 1100. The highest BCUT2D eigenvalue weighted by Crippen LogP contribution is 2.35. The third-order valence-electron chi connectivity index (χ3n) is 5.82. The molecule has 2 aliphatic rings. The van der Waals surface area contributed by atoms with Crippen molar-refractivity contribution in [1.29, 1.82) is 0 Å². The lowest BCUT2D eigenvalue weighted by Gasteiger charge is -2.14. The maximum Gasteiger partial charge on any atom is 0.268 e. The first-order valence-corrected chi connectivity index (χ1v) is 11.2. The van der Waals surface area contributed by atoms with Gasteiger partial charge >= 0.3 is 0 Å². The number of carbonyl (C=O) groups excluding carboxylic acids is 3. The van der Waals surface area contributed by atoms with Crippen LogP contribution in [0.3, 0.4) is 0 Å². The van der Waals surface area contributed by atoms with Gasteiger partial charge in [-0.1, -0.05) is 15.9 Å². The zero-order valence-corrected chi connectivity index (χ0v) is 19.2. The number of benzene rings is 1. The number of anilines is 1. The van der Waals surface area contributed by atoms with Gasteiger partial charge in [0.25, 0.3) is 11.8 Å². The molecule has 4 rings (SSSR count). The van der Waals surface area contributed by atoms with Crippen molar-refractivity contribution in [2.24, 2.45) is 0 Å². The first-order chi connectivity index (χ1) is 14.8. The third-order valence-corrected chi connectivity index (χ3v) is 6.32. The Balaban J connectivity index is 1.62. The predicted molar refractivity (Wildman–Crippen MR) is 124 cm³/mol. The number of nitrogens with zero attached hydrogens (tertiary/aromatic N) is 1. The Morgan fingerprint density at radius 1 is 1.26 bits per heavy atom. The average molecular weight is 485 g/mol. The van der Waals surface area contributed by atoms with Crippen LogP contribution in [0.1, 0.15) is 57.4 Å². The van der Waals surface area contributed by atoms with Crippen molar-refractivity contribution in [3.8, 4) is 0 Å². The van der Waals surface area contributed by atoms with Crippen molar-refractivity contribution >= 4 is 50.9 Å². The molecule has 31 heavy (non-hydrogen) atoms. The van der Waals surface area contributed by atoms with E-state index in [0.29, 0.717) is 40.3 Å². The van der Waals surface area contributed by atoms with E-state index in [0.717, 1.165) is 29.7 Å². The number of aromatic nitrogens is 1. The molecule has 1 fully saturated rings. The van der Waals surface area contributed by atoms with Crippen LogP contribution in [-0.2, 0) is 4.79 Å². The second-order valence-electron chi connectivity index (χ2n) is 7.98. The Labute approximate surface area is 189 Å². The van der Waals surface area contributed by atoms with Gasteiger partial charge < -0.3 is 20.5 Å². The predicted octanol–water partition coefficient (Wildman–Crippen LogP) is 3.61. The summed E-state index contributed by atoms with van der Waals surface area (Å²) in [4.78, 5) is 43.1. The van der Waals surface area contributed by atoms with Crippen LogP contribution in [0.2, 0.25) is 0 Å². The minimum absolute atomic E-state index is 0.162. The fourth-order valence-electron chi connectivity index (χ4n) is 4.28. The number of hydrogen-bond donors (Lipinski definition) is 3. The van der Waals surface area contributed by atoms with E-state index in [1.807, 2.05) is 18.2 Å². The van der Waals surface area contributed by atoms with Gasteiger partial charge in [0, 0.05) is 34.4 Å². The summed E-state index contributed by atoms with van der Waals surface area (Å²) in [7, 11) is 0. The molecule has 3 heterocycles. The second-order valence-corrected chi connectivity index (χ2v) is 8.89. The summed E-state index contributed by atoms with van der Waals surface area (Å²) >= 11 is 3.43. The quantitative estimate of drug-likeness (QED) is 0.431. The van der Waals surface area contributed by atoms with E-state index in [9.17, 15) is 14.4 Å². The van der Waals surface area contributed by atoms with E-state index in [2.05, 4.69) is 36.4 Å². The summed E-state index contributed by atoms with van der Waals surface area (Å²) in [5.74, 6) is -0.654. The number of carbonyl (C=O) groups is 3. The molecule has 0 aliphatic carbocycles. The monoisotopic (exact) mass is 484 g/mol. The number of rotatable bonds is 6. The van der Waals surface area contributed by atoms with E-state index in [1.54, 1.807) is 13.0 Å². The standard InChI is InChI=1S/C23H25BrN4O3/c1-13-20(14(2)29)19(12-17-16-11-15(24)5-6-18(16)27-22(17)30)26-21(13)23(31)25-7-10-28-8-3-4-9-28/h5-6,11-12,26H,3-4,7-10H2,1-2H3,(H,25,31)(H,27,30). The van der Waals surface area contributed by atoms with Crippen LogP contribution in [0, 0.1) is 6.92 Å². The smallest absolute Gasteiger partial charge is 0.268 e. The maximum absolute atomic E-state index is 12.8. The molecule has 7 nitrogen and oxygen atoms in total. The van der Waals surface area contributed by atoms with Gasteiger partial charge in [-0.2, -0.15) is 0 Å². The number of H-pyrrole nitrogens is 1. The lowest BCUT2D eigenvalue weighted by Crippen LogP contribution is -2.33. The molecule has 1 saturated heterocycles. The molecule has 0 radical (unpaired) electrons. The van der Waals surface area contributed by atoms with Crippen molar-refractivity contribution in [3.63, 3.8) is 0 Å². The van der Waals surface area contributed by atoms with Gasteiger partial charge in [0.15, 0.2) is 5.78 Å². The van der Waals surface area contributed by atoms with Gasteiger partial charge in [-0.3, -0.25) is 14.4 Å². The number of amides is 2. The Kier molecular flexibility index (Phi) is 6.11. The van der Waals surface area contributed by atoms with Gasteiger partial charge in [0.05, 0.1) is 11.3 Å². The zero-order chi connectivity index (χ0) is 22.1. The molecule has 2 aliphatic heterocycles. The van der Waals surface area contributed by atoms with E-state index in [1.165, 1.54) is 19.8 Å². The molecule has 3 N–H and O–H groups in total. The fourth-order valence-corrected chi connectivity index (χ4v) is 4.64. The minimum atomic E-state index is -0.247. The summed E-state index contributed by atoms with van der Waals surface area (Å²) in [6.45, 7) is 6.73. The van der Waals surface area contributed by atoms with Crippen LogP contribution in [0.5, 0.6) is 0 Å². The highest BCUT2D eigenvalue weighted by molar-refractivity contribution is 9.10. The molecule has 8 heteroatoms. The molecule has 2 amide bonds. The zero-order valence-electron chi connectivity index (χ0n) is 17.6. The van der Waals surface area contributed by atoms with E-state index < -0.39 is 0 Å². The summed E-state index contributed by atoms with van der Waals surface area (Å²) in [6, 6.07) is 5.53. The molecule has 1 aromatic carbocycles. The number of aromatic amines is 1. The largest absolute Gasteiger partial charge is 0.350 e. The molecule has 1 aromatic heterocycles. The topological polar surface area (TPSA) is 94.3 Å². The van der Waals surface area contributed by atoms with Gasteiger partial charge in [-0.25, -0.2) is 0 Å². The van der Waals surface area contributed by atoms with Gasteiger partial charge in [-0.05, 0) is 69.6 Å². The number of fused-ring (bicyclic) bond motifs is 1. The molecule has 0 unspecified atom stereocenters. The van der Waals surface area contributed by atoms with Crippen LogP contribution in [0.15, 0.2) is 22.7 Å². The molecule has 0 atom stereocenters. The Morgan fingerprint density at radius 3 is 2.71 bits per heavy atom. The number of ketones is 1. The molecule has 2 aromatic rings. The van der Waals surface area contributed by atoms with Crippen LogP contribution in [-0.4, -0.2) is 53.7 Å². The number of hydrogen-bond acceptors (Lipinski definition) is 4. The van der Waals surface area contributed by atoms with Crippen molar-refractivity contribution in [3.05, 3.63) is 50.8 Å². The summed E-state index contributed by atoms with van der Waals surface area (Å²) in [6.07, 6.45) is 4.06. The molecular formula is C23H25BrN4O3. The summed E-state index contributed by atoms with van der Waals surface area (Å²) < 4.78 is 0.848. The minimum Gasteiger partial charge on any atom is -0.350 e. The molecule has 162 valence electrons. The first kappa shape index (κ1) is 21.5. The van der Waals surface area contributed by atoms with Gasteiger partial charge in [-0.15, -0.1) is 0 Å². The third kappa shape index (κ3) is 4.36. The number of Topliss-reactive ketones (excluding diaryl/α,β-unsaturated/α-hetero) is 1. The number of halogens is 1.